The Hall–Kier alpha value is -3.32. The van der Waals surface area contributed by atoms with E-state index in [0.717, 1.165) is 12.1 Å². The SMILES string of the molecule is N=C(CC(=O)N1CCCC1CNC(=O)c1cc(S(N)(=O)=O)c(F)cc1F)C1CCc2cc(F)c(F)cc21. The second-order valence-corrected chi connectivity index (χ2v) is 10.7. The molecule has 37 heavy (non-hydrogen) atoms. The number of nitrogens with two attached hydrogens (primary N) is 1. The van der Waals surface area contributed by atoms with E-state index in [1.807, 2.05) is 0 Å². The monoisotopic (exact) mass is 540 g/mol. The lowest BCUT2D eigenvalue weighted by Gasteiger charge is -2.26. The molecule has 2 aromatic carbocycles. The summed E-state index contributed by atoms with van der Waals surface area (Å²) in [5.74, 6) is -6.54. The molecule has 2 unspecified atom stereocenters. The number of halogens is 4. The Morgan fingerprint density at radius 1 is 1.03 bits per heavy atom. The first-order chi connectivity index (χ1) is 17.4. The molecule has 13 heteroatoms. The maximum absolute atomic E-state index is 14.1. The molecule has 1 fully saturated rings. The zero-order valence-electron chi connectivity index (χ0n) is 19.5. The van der Waals surface area contributed by atoms with Gasteiger partial charge in [0.25, 0.3) is 5.91 Å². The summed E-state index contributed by atoms with van der Waals surface area (Å²) >= 11 is 0. The second-order valence-electron chi connectivity index (χ2n) is 9.16. The van der Waals surface area contributed by atoms with E-state index in [2.05, 4.69) is 5.32 Å². The van der Waals surface area contributed by atoms with Crippen molar-refractivity contribution in [3.63, 3.8) is 0 Å². The number of benzene rings is 2. The molecular formula is C24H24F4N4O4S. The number of hydrogen-bond donors (Lipinski definition) is 3. The minimum Gasteiger partial charge on any atom is -0.350 e. The molecule has 0 radical (unpaired) electrons. The lowest BCUT2D eigenvalue weighted by molar-refractivity contribution is -0.130. The molecular weight excluding hydrogens is 516 g/mol. The predicted molar refractivity (Wildman–Crippen MR) is 125 cm³/mol. The number of hydrogen-bond acceptors (Lipinski definition) is 5. The molecule has 1 heterocycles. The number of rotatable bonds is 7. The molecule has 2 aromatic rings. The molecule has 2 atom stereocenters. The smallest absolute Gasteiger partial charge is 0.254 e. The highest BCUT2D eigenvalue weighted by atomic mass is 32.2. The van der Waals surface area contributed by atoms with Crippen molar-refractivity contribution in [3.8, 4) is 0 Å². The Morgan fingerprint density at radius 2 is 1.73 bits per heavy atom. The van der Waals surface area contributed by atoms with Gasteiger partial charge in [-0.25, -0.2) is 31.1 Å². The van der Waals surface area contributed by atoms with Crippen molar-refractivity contribution in [2.45, 2.75) is 49.0 Å². The molecule has 2 aliphatic rings. The third-order valence-electron chi connectivity index (χ3n) is 6.79. The van der Waals surface area contributed by atoms with Gasteiger partial charge < -0.3 is 15.6 Å². The van der Waals surface area contributed by atoms with Crippen LogP contribution in [0.5, 0.6) is 0 Å². The van der Waals surface area contributed by atoms with Crippen molar-refractivity contribution in [2.24, 2.45) is 5.14 Å². The first kappa shape index (κ1) is 26.7. The summed E-state index contributed by atoms with van der Waals surface area (Å²) in [6.45, 7) is 0.282. The summed E-state index contributed by atoms with van der Waals surface area (Å²) < 4.78 is 78.2. The predicted octanol–water partition coefficient (Wildman–Crippen LogP) is 2.75. The van der Waals surface area contributed by atoms with Crippen LogP contribution in [0.25, 0.3) is 0 Å². The Kier molecular flexibility index (Phi) is 7.38. The highest BCUT2D eigenvalue weighted by molar-refractivity contribution is 7.89. The number of carbonyl (C=O) groups is 2. The molecule has 4 rings (SSSR count). The summed E-state index contributed by atoms with van der Waals surface area (Å²) in [6, 6.07) is 2.50. The van der Waals surface area contributed by atoms with E-state index in [9.17, 15) is 35.6 Å². The number of primary sulfonamides is 1. The normalized spacial score (nSPS) is 19.1. The molecule has 0 bridgehead atoms. The number of fused-ring (bicyclic) bond motifs is 1. The van der Waals surface area contributed by atoms with Gasteiger partial charge in [0.15, 0.2) is 11.6 Å². The largest absolute Gasteiger partial charge is 0.350 e. The van der Waals surface area contributed by atoms with Crippen molar-refractivity contribution >= 4 is 27.5 Å². The van der Waals surface area contributed by atoms with Crippen molar-refractivity contribution in [1.29, 1.82) is 5.41 Å². The van der Waals surface area contributed by atoms with Crippen LogP contribution in [0.15, 0.2) is 29.2 Å². The molecule has 4 N–H and O–H groups in total. The van der Waals surface area contributed by atoms with E-state index < -0.39 is 61.6 Å². The van der Waals surface area contributed by atoms with Crippen molar-refractivity contribution < 1.29 is 35.6 Å². The van der Waals surface area contributed by atoms with E-state index in [1.54, 1.807) is 0 Å². The molecule has 2 amide bonds. The van der Waals surface area contributed by atoms with E-state index in [1.165, 1.54) is 4.90 Å². The average Bonchev–Trinajstić information content (AvgIpc) is 3.44. The van der Waals surface area contributed by atoms with Gasteiger partial charge in [0.05, 0.1) is 12.0 Å². The lowest BCUT2D eigenvalue weighted by atomic mass is 9.93. The molecule has 8 nitrogen and oxygen atoms in total. The summed E-state index contributed by atoms with van der Waals surface area (Å²) in [4.78, 5) is 25.9. The second kappa shape index (κ2) is 10.2. The van der Waals surface area contributed by atoms with Crippen LogP contribution in [0.2, 0.25) is 0 Å². The van der Waals surface area contributed by atoms with Gasteiger partial charge in [-0.1, -0.05) is 0 Å². The summed E-state index contributed by atoms with van der Waals surface area (Å²) in [7, 11) is -4.53. The fourth-order valence-electron chi connectivity index (χ4n) is 4.95. The molecule has 198 valence electrons. The van der Waals surface area contributed by atoms with Gasteiger partial charge >= 0.3 is 0 Å². The zero-order chi connectivity index (χ0) is 27.1. The summed E-state index contributed by atoms with van der Waals surface area (Å²) in [5.41, 5.74) is 0.476. The third kappa shape index (κ3) is 5.52. The van der Waals surface area contributed by atoms with Crippen LogP contribution in [-0.2, 0) is 21.2 Å². The highest BCUT2D eigenvalue weighted by Gasteiger charge is 2.33. The van der Waals surface area contributed by atoms with Gasteiger partial charge in [0, 0.05) is 36.8 Å². The van der Waals surface area contributed by atoms with Crippen molar-refractivity contribution in [3.05, 3.63) is 64.2 Å². The molecule has 1 aliphatic heterocycles. The molecule has 1 aliphatic carbocycles. The maximum Gasteiger partial charge on any atom is 0.254 e. The minimum atomic E-state index is -4.53. The lowest BCUT2D eigenvalue weighted by Crippen LogP contribution is -2.44. The number of nitrogens with zero attached hydrogens (tertiary/aromatic N) is 1. The molecule has 1 saturated heterocycles. The fraction of sp³-hybridized carbons (Fsp3) is 0.375. The number of aryl methyl sites for hydroxylation is 1. The van der Waals surface area contributed by atoms with Gasteiger partial charge in [0.1, 0.15) is 16.5 Å². The van der Waals surface area contributed by atoms with E-state index >= 15 is 0 Å². The van der Waals surface area contributed by atoms with Gasteiger partial charge in [-0.15, -0.1) is 0 Å². The molecule has 0 spiro atoms. The average molecular weight is 541 g/mol. The molecule has 0 saturated carbocycles. The highest BCUT2D eigenvalue weighted by Crippen LogP contribution is 2.36. The van der Waals surface area contributed by atoms with Crippen LogP contribution in [0.1, 0.15) is 53.1 Å². The fourth-order valence-corrected chi connectivity index (χ4v) is 5.57. The number of amides is 2. The van der Waals surface area contributed by atoms with Gasteiger partial charge in [-0.05, 0) is 55.0 Å². The summed E-state index contributed by atoms with van der Waals surface area (Å²) in [6.07, 6.45) is 1.84. The number of carbonyl (C=O) groups excluding carboxylic acids is 2. The van der Waals surface area contributed by atoms with E-state index in [4.69, 9.17) is 10.5 Å². The Labute approximate surface area is 210 Å². The first-order valence-electron chi connectivity index (χ1n) is 11.5. The number of likely N-dealkylation sites (tertiary alicyclic amines) is 1. The van der Waals surface area contributed by atoms with E-state index in [-0.39, 0.29) is 30.7 Å². The van der Waals surface area contributed by atoms with Gasteiger partial charge in [-0.2, -0.15) is 0 Å². The Bertz CT molecular complexity index is 1400. The van der Waals surface area contributed by atoms with E-state index in [0.29, 0.717) is 49.4 Å². The molecule has 0 aromatic heterocycles. The number of sulfonamides is 1. The Balaban J connectivity index is 1.40. The maximum atomic E-state index is 14.1. The van der Waals surface area contributed by atoms with Crippen molar-refractivity contribution in [2.75, 3.05) is 13.1 Å². The number of nitrogens with one attached hydrogen (secondary N) is 2. The van der Waals surface area contributed by atoms with Crippen LogP contribution in [0.4, 0.5) is 17.6 Å². The van der Waals surface area contributed by atoms with Crippen LogP contribution in [-0.4, -0.2) is 50.0 Å². The van der Waals surface area contributed by atoms with Gasteiger partial charge in [-0.3, -0.25) is 9.59 Å². The van der Waals surface area contributed by atoms with Crippen molar-refractivity contribution in [1.82, 2.24) is 10.2 Å². The standard InChI is InChI=1S/C24H24F4N4O4S/c25-17-9-20(28)22(37(30,35)36)8-16(17)24(34)31-11-13-2-1-5-32(13)23(33)10-21(29)14-4-3-12-6-18(26)19(27)7-15(12)14/h6-9,13-14,29H,1-5,10-11H2,(H,31,34)(H2,30,35,36). The topological polar surface area (TPSA) is 133 Å². The third-order valence-corrected chi connectivity index (χ3v) is 7.72. The van der Waals surface area contributed by atoms with Gasteiger partial charge in [0.2, 0.25) is 15.9 Å². The zero-order valence-corrected chi connectivity index (χ0v) is 20.3. The van der Waals surface area contributed by atoms with Crippen LogP contribution in [0.3, 0.4) is 0 Å². The summed E-state index contributed by atoms with van der Waals surface area (Å²) in [5, 5.41) is 15.8. The Morgan fingerprint density at radius 3 is 2.43 bits per heavy atom. The quantitative estimate of drug-likeness (QED) is 0.368. The minimum absolute atomic E-state index is 0.0772. The van der Waals surface area contributed by atoms with Crippen LogP contribution >= 0.6 is 0 Å². The van der Waals surface area contributed by atoms with Crippen LogP contribution in [0, 0.1) is 28.7 Å². The van der Waals surface area contributed by atoms with Crippen LogP contribution < -0.4 is 10.5 Å². The first-order valence-corrected chi connectivity index (χ1v) is 13.1.